The molecule has 0 spiro atoms. The maximum Gasteiger partial charge on any atom is 0.242 e. The molecular formula is C19H22N2O4S. The monoisotopic (exact) mass is 374 g/mol. The predicted molar refractivity (Wildman–Crippen MR) is 102 cm³/mol. The molecule has 1 N–H and O–H groups in total. The minimum absolute atomic E-state index is 0.297. The van der Waals surface area contributed by atoms with Crippen LogP contribution in [0.2, 0.25) is 0 Å². The second-order valence-corrected chi connectivity index (χ2v) is 8.23. The van der Waals surface area contributed by atoms with Gasteiger partial charge in [0.1, 0.15) is 11.8 Å². The number of para-hydroxylation sites is 1. The molecule has 1 aliphatic heterocycles. The molecule has 1 fully saturated rings. The number of benzene rings is 2. The Hall–Kier alpha value is -2.38. The Balaban J connectivity index is 1.85. The van der Waals surface area contributed by atoms with Gasteiger partial charge in [0.25, 0.3) is 0 Å². The van der Waals surface area contributed by atoms with Crippen molar-refractivity contribution in [3.63, 3.8) is 0 Å². The van der Waals surface area contributed by atoms with Crippen molar-refractivity contribution >= 4 is 21.6 Å². The van der Waals surface area contributed by atoms with Gasteiger partial charge in [-0.05, 0) is 36.6 Å². The van der Waals surface area contributed by atoms with Crippen LogP contribution in [-0.4, -0.2) is 44.6 Å². The van der Waals surface area contributed by atoms with Crippen molar-refractivity contribution in [3.05, 3.63) is 48.5 Å². The fraction of sp³-hybridized carbons (Fsp3) is 0.316. The Morgan fingerprint density at radius 1 is 1.15 bits per heavy atom. The summed E-state index contributed by atoms with van der Waals surface area (Å²) >= 11 is 0. The van der Waals surface area contributed by atoms with E-state index >= 15 is 0 Å². The van der Waals surface area contributed by atoms with E-state index in [-0.39, 0.29) is 5.91 Å². The molecule has 26 heavy (non-hydrogen) atoms. The second kappa shape index (κ2) is 7.47. The van der Waals surface area contributed by atoms with Gasteiger partial charge in [-0.1, -0.05) is 30.3 Å². The Labute approximate surface area is 153 Å². The van der Waals surface area contributed by atoms with Crippen LogP contribution in [0.25, 0.3) is 11.1 Å². The molecule has 7 heteroatoms. The molecule has 1 heterocycles. The van der Waals surface area contributed by atoms with Crippen LogP contribution >= 0.6 is 0 Å². The number of amides is 1. The van der Waals surface area contributed by atoms with Gasteiger partial charge in [0, 0.05) is 17.8 Å². The molecule has 0 saturated carbocycles. The molecule has 0 aromatic heterocycles. The zero-order valence-electron chi connectivity index (χ0n) is 14.8. The summed E-state index contributed by atoms with van der Waals surface area (Å²) in [5.41, 5.74) is 2.46. The van der Waals surface area contributed by atoms with Gasteiger partial charge in [-0.2, -0.15) is 4.31 Å². The first-order chi connectivity index (χ1) is 12.4. The molecule has 1 aliphatic rings. The number of hydrogen-bond acceptors (Lipinski definition) is 4. The Bertz CT molecular complexity index is 894. The van der Waals surface area contributed by atoms with E-state index in [1.165, 1.54) is 4.31 Å². The number of nitrogens with one attached hydrogen (secondary N) is 1. The highest BCUT2D eigenvalue weighted by molar-refractivity contribution is 7.88. The lowest BCUT2D eigenvalue weighted by atomic mass is 10.0. The number of rotatable bonds is 5. The van der Waals surface area contributed by atoms with Gasteiger partial charge in [-0.25, -0.2) is 8.42 Å². The SMILES string of the molecule is COc1ccc(-c2ccccc2NC(=O)C2CCCN2S(C)(=O)=O)cc1. The zero-order chi connectivity index (χ0) is 18.7. The molecule has 0 bridgehead atoms. The van der Waals surface area contributed by atoms with Gasteiger partial charge in [-0.3, -0.25) is 4.79 Å². The van der Waals surface area contributed by atoms with Crippen LogP contribution in [0.3, 0.4) is 0 Å². The smallest absolute Gasteiger partial charge is 0.242 e. The predicted octanol–water partition coefficient (Wildman–Crippen LogP) is 2.72. The molecule has 1 unspecified atom stereocenters. The molecule has 1 amide bonds. The maximum absolute atomic E-state index is 12.7. The van der Waals surface area contributed by atoms with Crippen LogP contribution in [0.4, 0.5) is 5.69 Å². The summed E-state index contributed by atoms with van der Waals surface area (Å²) in [5, 5.41) is 2.91. The third-order valence-electron chi connectivity index (χ3n) is 4.52. The molecule has 138 valence electrons. The lowest BCUT2D eigenvalue weighted by Gasteiger charge is -2.22. The van der Waals surface area contributed by atoms with E-state index in [2.05, 4.69) is 5.32 Å². The van der Waals surface area contributed by atoms with E-state index in [1.54, 1.807) is 7.11 Å². The van der Waals surface area contributed by atoms with Gasteiger partial charge < -0.3 is 10.1 Å². The molecule has 2 aromatic rings. The topological polar surface area (TPSA) is 75.7 Å². The fourth-order valence-electron chi connectivity index (χ4n) is 3.23. The lowest BCUT2D eigenvalue weighted by molar-refractivity contribution is -0.119. The van der Waals surface area contributed by atoms with Crippen LogP contribution in [0, 0.1) is 0 Å². The highest BCUT2D eigenvalue weighted by Gasteiger charge is 2.36. The van der Waals surface area contributed by atoms with Crippen LogP contribution in [0.15, 0.2) is 48.5 Å². The van der Waals surface area contributed by atoms with Crippen molar-refractivity contribution in [2.45, 2.75) is 18.9 Å². The van der Waals surface area contributed by atoms with Gasteiger partial charge in [0.2, 0.25) is 15.9 Å². The third kappa shape index (κ3) is 3.89. The zero-order valence-corrected chi connectivity index (χ0v) is 15.6. The van der Waals surface area contributed by atoms with Crippen molar-refractivity contribution in [1.82, 2.24) is 4.31 Å². The minimum atomic E-state index is -3.40. The molecule has 1 saturated heterocycles. The number of ether oxygens (including phenoxy) is 1. The summed E-state index contributed by atoms with van der Waals surface area (Å²) in [6, 6.07) is 14.4. The fourth-order valence-corrected chi connectivity index (χ4v) is 4.35. The number of sulfonamides is 1. The summed E-state index contributed by atoms with van der Waals surface area (Å²) in [6.45, 7) is 0.386. The largest absolute Gasteiger partial charge is 0.497 e. The lowest BCUT2D eigenvalue weighted by Crippen LogP contribution is -2.42. The van der Waals surface area contributed by atoms with Crippen molar-refractivity contribution in [2.75, 3.05) is 25.2 Å². The van der Waals surface area contributed by atoms with E-state index < -0.39 is 16.1 Å². The van der Waals surface area contributed by atoms with Gasteiger partial charge in [0.15, 0.2) is 0 Å². The highest BCUT2D eigenvalue weighted by Crippen LogP contribution is 2.30. The molecule has 2 aromatic carbocycles. The Morgan fingerprint density at radius 3 is 2.50 bits per heavy atom. The number of nitrogens with zero attached hydrogens (tertiary/aromatic N) is 1. The summed E-state index contributed by atoms with van der Waals surface area (Å²) in [4.78, 5) is 12.7. The molecule has 1 atom stereocenters. The van der Waals surface area contributed by atoms with Crippen LogP contribution < -0.4 is 10.1 Å². The number of methoxy groups -OCH3 is 1. The van der Waals surface area contributed by atoms with E-state index in [9.17, 15) is 13.2 Å². The second-order valence-electron chi connectivity index (χ2n) is 6.30. The van der Waals surface area contributed by atoms with Gasteiger partial charge in [-0.15, -0.1) is 0 Å². The van der Waals surface area contributed by atoms with E-state index in [0.29, 0.717) is 25.1 Å². The van der Waals surface area contributed by atoms with Crippen LogP contribution in [-0.2, 0) is 14.8 Å². The van der Waals surface area contributed by atoms with E-state index in [4.69, 9.17) is 4.74 Å². The third-order valence-corrected chi connectivity index (χ3v) is 5.81. The number of carbonyl (C=O) groups is 1. The van der Waals surface area contributed by atoms with Gasteiger partial charge in [0.05, 0.1) is 13.4 Å². The Kier molecular flexibility index (Phi) is 5.29. The van der Waals surface area contributed by atoms with E-state index in [1.807, 2.05) is 48.5 Å². The van der Waals surface area contributed by atoms with Crippen LogP contribution in [0.5, 0.6) is 5.75 Å². The maximum atomic E-state index is 12.7. The first-order valence-corrected chi connectivity index (χ1v) is 10.3. The van der Waals surface area contributed by atoms with Crippen molar-refractivity contribution in [2.24, 2.45) is 0 Å². The normalized spacial score (nSPS) is 17.8. The van der Waals surface area contributed by atoms with Crippen molar-refractivity contribution in [3.8, 4) is 16.9 Å². The van der Waals surface area contributed by atoms with Crippen molar-refractivity contribution in [1.29, 1.82) is 0 Å². The first-order valence-electron chi connectivity index (χ1n) is 8.41. The molecule has 0 aliphatic carbocycles. The van der Waals surface area contributed by atoms with E-state index in [0.717, 1.165) is 23.1 Å². The molecular weight excluding hydrogens is 352 g/mol. The average Bonchev–Trinajstić information content (AvgIpc) is 3.13. The molecule has 6 nitrogen and oxygen atoms in total. The summed E-state index contributed by atoms with van der Waals surface area (Å²) in [5.74, 6) is 0.457. The number of anilines is 1. The molecule has 0 radical (unpaired) electrons. The summed E-state index contributed by atoms with van der Waals surface area (Å²) in [7, 11) is -1.79. The number of carbonyl (C=O) groups excluding carboxylic acids is 1. The standard InChI is InChI=1S/C19H22N2O4S/c1-25-15-11-9-14(10-12-15)16-6-3-4-7-17(16)20-19(22)18-8-5-13-21(18)26(2,23)24/h3-4,6-7,9-12,18H,5,8,13H2,1-2H3,(H,20,22). The summed E-state index contributed by atoms with van der Waals surface area (Å²) < 4.78 is 30.2. The van der Waals surface area contributed by atoms with Gasteiger partial charge >= 0.3 is 0 Å². The highest BCUT2D eigenvalue weighted by atomic mass is 32.2. The average molecular weight is 374 g/mol. The first kappa shape index (κ1) is 18.4. The Morgan fingerprint density at radius 2 is 1.85 bits per heavy atom. The molecule has 3 rings (SSSR count). The summed E-state index contributed by atoms with van der Waals surface area (Å²) in [6.07, 6.45) is 2.36. The minimum Gasteiger partial charge on any atom is -0.497 e. The quantitative estimate of drug-likeness (QED) is 0.873. The van der Waals surface area contributed by atoms with Crippen LogP contribution in [0.1, 0.15) is 12.8 Å². The van der Waals surface area contributed by atoms with Crippen molar-refractivity contribution < 1.29 is 17.9 Å². The number of hydrogen-bond donors (Lipinski definition) is 1.